The smallest absolute Gasteiger partial charge is 0.323 e. The molecule has 28 heavy (non-hydrogen) atoms. The zero-order valence-corrected chi connectivity index (χ0v) is 15.0. The van der Waals surface area contributed by atoms with Crippen LogP contribution in [-0.4, -0.2) is 23.0 Å². The molecule has 2 aliphatic rings. The van der Waals surface area contributed by atoms with Gasteiger partial charge in [-0.15, -0.1) is 0 Å². The first-order valence-electron chi connectivity index (χ1n) is 9.12. The zero-order chi connectivity index (χ0) is 18.9. The molecule has 0 unspecified atom stereocenters. The van der Waals surface area contributed by atoms with Gasteiger partial charge in [0.1, 0.15) is 0 Å². The minimum Gasteiger partial charge on any atom is -0.454 e. The second-order valence-electron chi connectivity index (χ2n) is 6.80. The van der Waals surface area contributed by atoms with E-state index in [-0.39, 0.29) is 12.8 Å². The Morgan fingerprint density at radius 2 is 1.93 bits per heavy atom. The highest BCUT2D eigenvalue weighted by atomic mass is 16.7. The van der Waals surface area contributed by atoms with Crippen LogP contribution in [0.15, 0.2) is 47.0 Å². The van der Waals surface area contributed by atoms with E-state index in [2.05, 4.69) is 20.8 Å². The summed E-state index contributed by atoms with van der Waals surface area (Å²) in [5.41, 5.74) is 2.20. The van der Waals surface area contributed by atoms with Crippen molar-refractivity contribution in [3.8, 4) is 11.5 Å². The third kappa shape index (κ3) is 3.48. The summed E-state index contributed by atoms with van der Waals surface area (Å²) in [7, 11) is 0. The Morgan fingerprint density at radius 3 is 2.82 bits per heavy atom. The molecule has 1 aliphatic heterocycles. The summed E-state index contributed by atoms with van der Waals surface area (Å²) in [5, 5.41) is 9.72. The predicted molar refractivity (Wildman–Crippen MR) is 101 cm³/mol. The topological polar surface area (TPSA) is 98.5 Å². The van der Waals surface area contributed by atoms with Crippen molar-refractivity contribution in [3.63, 3.8) is 0 Å². The number of benzene rings is 2. The van der Waals surface area contributed by atoms with Gasteiger partial charge in [-0.05, 0) is 36.6 Å². The molecule has 2 amide bonds. The van der Waals surface area contributed by atoms with Crippen LogP contribution >= 0.6 is 0 Å². The molecule has 2 N–H and O–H groups in total. The van der Waals surface area contributed by atoms with Crippen LogP contribution in [0.1, 0.15) is 36.0 Å². The van der Waals surface area contributed by atoms with Gasteiger partial charge in [0.25, 0.3) is 0 Å². The maximum absolute atomic E-state index is 12.4. The highest BCUT2D eigenvalue weighted by Gasteiger charge is 2.28. The van der Waals surface area contributed by atoms with Crippen molar-refractivity contribution in [1.29, 1.82) is 0 Å². The van der Waals surface area contributed by atoms with Gasteiger partial charge in [0.2, 0.25) is 12.7 Å². The average Bonchev–Trinajstić information content (AvgIpc) is 3.25. The molecule has 1 aliphatic carbocycles. The van der Waals surface area contributed by atoms with Gasteiger partial charge >= 0.3 is 6.03 Å². The number of nitrogens with one attached hydrogen (secondary N) is 2. The second kappa shape index (κ2) is 6.88. The van der Waals surface area contributed by atoms with E-state index in [0.29, 0.717) is 41.1 Å². The first-order valence-corrected chi connectivity index (χ1v) is 9.12. The summed E-state index contributed by atoms with van der Waals surface area (Å²) in [6.07, 6.45) is 2.70. The molecular weight excluding hydrogens is 360 g/mol. The molecule has 8 nitrogen and oxygen atoms in total. The van der Waals surface area contributed by atoms with Crippen LogP contribution in [0.5, 0.6) is 11.5 Å². The molecule has 0 spiro atoms. The van der Waals surface area contributed by atoms with Gasteiger partial charge in [-0.3, -0.25) is 0 Å². The van der Waals surface area contributed by atoms with E-state index in [1.807, 2.05) is 24.3 Å². The van der Waals surface area contributed by atoms with Gasteiger partial charge in [0.05, 0.1) is 6.42 Å². The SMILES string of the molecule is O=C(Nc1ccc2c(c1)OCO2)Nc1ccccc1Cc1nc(C2CC2)no1. The normalized spacial score (nSPS) is 14.7. The summed E-state index contributed by atoms with van der Waals surface area (Å²) in [4.78, 5) is 16.9. The van der Waals surface area contributed by atoms with E-state index in [1.165, 1.54) is 0 Å². The first-order chi connectivity index (χ1) is 13.7. The van der Waals surface area contributed by atoms with Crippen LogP contribution in [0.25, 0.3) is 0 Å². The van der Waals surface area contributed by atoms with Crippen molar-refractivity contribution in [2.45, 2.75) is 25.2 Å². The molecule has 2 heterocycles. The summed E-state index contributed by atoms with van der Waals surface area (Å²) >= 11 is 0. The number of aromatic nitrogens is 2. The predicted octanol–water partition coefficient (Wildman–Crippen LogP) is 3.91. The number of fused-ring (bicyclic) bond motifs is 1. The molecular formula is C20H18N4O4. The number of hydrogen-bond acceptors (Lipinski definition) is 6. The summed E-state index contributed by atoms with van der Waals surface area (Å²) in [6.45, 7) is 0.191. The van der Waals surface area contributed by atoms with Crippen molar-refractivity contribution in [1.82, 2.24) is 10.1 Å². The van der Waals surface area contributed by atoms with Gasteiger partial charge in [-0.25, -0.2) is 4.79 Å². The number of ether oxygens (including phenoxy) is 2. The lowest BCUT2D eigenvalue weighted by Crippen LogP contribution is -2.20. The molecule has 2 aromatic carbocycles. The highest BCUT2D eigenvalue weighted by molar-refractivity contribution is 6.00. The lowest BCUT2D eigenvalue weighted by Gasteiger charge is -2.11. The van der Waals surface area contributed by atoms with E-state index in [1.54, 1.807) is 18.2 Å². The fraction of sp³-hybridized carbons (Fsp3) is 0.250. The van der Waals surface area contributed by atoms with E-state index in [9.17, 15) is 4.79 Å². The third-order valence-corrected chi connectivity index (χ3v) is 4.66. The number of rotatable bonds is 5. The number of para-hydroxylation sites is 1. The Morgan fingerprint density at radius 1 is 1.07 bits per heavy atom. The largest absolute Gasteiger partial charge is 0.454 e. The minimum absolute atomic E-state index is 0.191. The standard InChI is InChI=1S/C20H18N4O4/c25-20(21-14-7-8-16-17(10-14)27-11-26-16)22-15-4-2-1-3-13(15)9-18-23-19(24-28-18)12-5-6-12/h1-4,7-8,10,12H,5-6,9,11H2,(H2,21,22,25). The maximum atomic E-state index is 12.4. The van der Waals surface area contributed by atoms with Crippen LogP contribution < -0.4 is 20.1 Å². The van der Waals surface area contributed by atoms with E-state index in [4.69, 9.17) is 14.0 Å². The Kier molecular flexibility index (Phi) is 4.08. The minimum atomic E-state index is -0.351. The zero-order valence-electron chi connectivity index (χ0n) is 15.0. The molecule has 0 radical (unpaired) electrons. The molecule has 1 aromatic heterocycles. The molecule has 3 aromatic rings. The number of anilines is 2. The maximum Gasteiger partial charge on any atom is 0.323 e. The van der Waals surface area contributed by atoms with Crippen molar-refractivity contribution in [2.75, 3.05) is 17.4 Å². The lowest BCUT2D eigenvalue weighted by molar-refractivity contribution is 0.174. The Balaban J connectivity index is 1.27. The van der Waals surface area contributed by atoms with Crippen molar-refractivity contribution in [3.05, 3.63) is 59.7 Å². The van der Waals surface area contributed by atoms with Crippen LogP contribution in [0.2, 0.25) is 0 Å². The first kappa shape index (κ1) is 16.6. The van der Waals surface area contributed by atoms with Gasteiger partial charge in [0, 0.05) is 23.4 Å². The second-order valence-corrected chi connectivity index (χ2v) is 6.80. The number of carbonyl (C=O) groups excluding carboxylic acids is 1. The monoisotopic (exact) mass is 378 g/mol. The van der Waals surface area contributed by atoms with E-state index >= 15 is 0 Å². The van der Waals surface area contributed by atoms with Crippen LogP contribution in [-0.2, 0) is 6.42 Å². The highest BCUT2D eigenvalue weighted by Crippen LogP contribution is 2.38. The van der Waals surface area contributed by atoms with Crippen molar-refractivity contribution < 1.29 is 18.8 Å². The van der Waals surface area contributed by atoms with Crippen LogP contribution in [0.4, 0.5) is 16.2 Å². The average molecular weight is 378 g/mol. The summed E-state index contributed by atoms with van der Waals surface area (Å²) in [6, 6.07) is 12.4. The fourth-order valence-electron chi connectivity index (χ4n) is 3.07. The van der Waals surface area contributed by atoms with Crippen LogP contribution in [0, 0.1) is 0 Å². The number of nitrogens with zero attached hydrogens (tertiary/aromatic N) is 2. The number of hydrogen-bond donors (Lipinski definition) is 2. The number of carbonyl (C=O) groups is 1. The third-order valence-electron chi connectivity index (χ3n) is 4.66. The molecule has 142 valence electrons. The Bertz CT molecular complexity index is 1030. The summed E-state index contributed by atoms with van der Waals surface area (Å²) < 4.78 is 16.0. The van der Waals surface area contributed by atoms with Gasteiger partial charge < -0.3 is 24.6 Å². The lowest BCUT2D eigenvalue weighted by atomic mass is 10.1. The Hall–Kier alpha value is -3.55. The Labute approximate surface area is 160 Å². The van der Waals surface area contributed by atoms with Crippen molar-refractivity contribution in [2.24, 2.45) is 0 Å². The van der Waals surface area contributed by atoms with E-state index in [0.717, 1.165) is 24.2 Å². The van der Waals surface area contributed by atoms with Gasteiger partial charge in [-0.1, -0.05) is 23.4 Å². The number of urea groups is 1. The van der Waals surface area contributed by atoms with Gasteiger partial charge in [0.15, 0.2) is 17.3 Å². The molecule has 0 atom stereocenters. The number of amides is 2. The molecule has 8 heteroatoms. The van der Waals surface area contributed by atoms with Crippen LogP contribution in [0.3, 0.4) is 0 Å². The molecule has 1 saturated carbocycles. The molecule has 5 rings (SSSR count). The quantitative estimate of drug-likeness (QED) is 0.698. The molecule has 0 bridgehead atoms. The fourth-order valence-corrected chi connectivity index (χ4v) is 3.07. The van der Waals surface area contributed by atoms with E-state index < -0.39 is 0 Å². The molecule has 0 saturated heterocycles. The van der Waals surface area contributed by atoms with Crippen molar-refractivity contribution >= 4 is 17.4 Å². The summed E-state index contributed by atoms with van der Waals surface area (Å²) in [5.74, 6) is 3.05. The molecule has 1 fully saturated rings. The van der Waals surface area contributed by atoms with Gasteiger partial charge in [-0.2, -0.15) is 4.98 Å².